The number of benzene rings is 1. The molecule has 9 heteroatoms. The highest BCUT2D eigenvalue weighted by molar-refractivity contribution is 7.85. The van der Waals surface area contributed by atoms with Gasteiger partial charge in [0.15, 0.2) is 0 Å². The van der Waals surface area contributed by atoms with Gasteiger partial charge in [-0.15, -0.1) is 0 Å². The second-order valence-corrected chi connectivity index (χ2v) is 10.1. The Kier molecular flexibility index (Phi) is 6.27. The lowest BCUT2D eigenvalue weighted by molar-refractivity contribution is 0.311. The zero-order valence-corrected chi connectivity index (χ0v) is 19.7. The maximum absolute atomic E-state index is 11.4. The summed E-state index contributed by atoms with van der Waals surface area (Å²) >= 11 is 6.15. The van der Waals surface area contributed by atoms with Gasteiger partial charge in [0.1, 0.15) is 11.2 Å². The molecule has 0 saturated heterocycles. The predicted octanol–water partition coefficient (Wildman–Crippen LogP) is 4.66. The molecule has 0 spiro atoms. The van der Waals surface area contributed by atoms with Crippen molar-refractivity contribution in [3.63, 3.8) is 0 Å². The third kappa shape index (κ3) is 4.94. The summed E-state index contributed by atoms with van der Waals surface area (Å²) in [6, 6.07) is 13.5. The molecule has 0 radical (unpaired) electrons. The smallest absolute Gasteiger partial charge is 0.264 e. The second-order valence-electron chi connectivity index (χ2n) is 8.14. The van der Waals surface area contributed by atoms with E-state index in [2.05, 4.69) is 21.7 Å². The minimum atomic E-state index is -3.62. The molecule has 0 amide bonds. The van der Waals surface area contributed by atoms with Crippen LogP contribution in [0, 0.1) is 29.6 Å². The molecule has 7 nitrogen and oxygen atoms in total. The summed E-state index contributed by atoms with van der Waals surface area (Å²) in [4.78, 5) is 4.20. The zero-order chi connectivity index (χ0) is 23.8. The molecule has 0 unspecified atom stereocenters. The van der Waals surface area contributed by atoms with E-state index in [1.54, 1.807) is 24.4 Å². The van der Waals surface area contributed by atoms with Gasteiger partial charge in [-0.3, -0.25) is 4.18 Å². The van der Waals surface area contributed by atoms with Gasteiger partial charge in [-0.2, -0.15) is 18.9 Å². The van der Waals surface area contributed by atoms with Crippen LogP contribution in [0.1, 0.15) is 52.4 Å². The Hall–Kier alpha value is -3.17. The molecule has 1 aliphatic carbocycles. The first-order chi connectivity index (χ1) is 15.7. The molecule has 0 N–H and O–H groups in total. The normalized spacial score (nSPS) is 13.5. The molecule has 0 atom stereocenters. The van der Waals surface area contributed by atoms with Crippen LogP contribution in [-0.4, -0.2) is 24.2 Å². The summed E-state index contributed by atoms with van der Waals surface area (Å²) in [5.41, 5.74) is 6.22. The number of nitriles is 2. The highest BCUT2D eigenvalue weighted by atomic mass is 35.5. The highest BCUT2D eigenvalue weighted by Crippen LogP contribution is 2.46. The zero-order valence-electron chi connectivity index (χ0n) is 18.2. The minimum absolute atomic E-state index is 0.185. The Labute approximate surface area is 197 Å². The van der Waals surface area contributed by atoms with Gasteiger partial charge in [0.05, 0.1) is 30.1 Å². The van der Waals surface area contributed by atoms with Gasteiger partial charge in [-0.05, 0) is 49.1 Å². The number of nitrogens with zero attached hydrogens (tertiary/aromatic N) is 4. The van der Waals surface area contributed by atoms with Crippen LogP contribution in [0.4, 0.5) is 0 Å². The number of hydrogen-bond donors (Lipinski definition) is 0. The first-order valence-electron chi connectivity index (χ1n) is 10.3. The van der Waals surface area contributed by atoms with Gasteiger partial charge >= 0.3 is 0 Å². The van der Waals surface area contributed by atoms with Crippen molar-refractivity contribution >= 4 is 21.7 Å². The van der Waals surface area contributed by atoms with Crippen LogP contribution >= 0.6 is 11.6 Å². The molecule has 2 heterocycles. The first-order valence-corrected chi connectivity index (χ1v) is 12.5. The molecule has 33 heavy (non-hydrogen) atoms. The van der Waals surface area contributed by atoms with E-state index in [4.69, 9.17) is 21.0 Å². The van der Waals surface area contributed by atoms with Crippen molar-refractivity contribution in [3.8, 4) is 23.3 Å². The van der Waals surface area contributed by atoms with Crippen LogP contribution in [-0.2, 0) is 27.5 Å². The molecule has 4 rings (SSSR count). The Morgan fingerprint density at radius 3 is 2.48 bits per heavy atom. The van der Waals surface area contributed by atoms with E-state index < -0.39 is 10.1 Å². The topological polar surface area (TPSA) is 109 Å². The van der Waals surface area contributed by atoms with E-state index in [1.165, 1.54) is 0 Å². The van der Waals surface area contributed by atoms with Crippen molar-refractivity contribution in [1.82, 2.24) is 9.55 Å². The van der Waals surface area contributed by atoms with Crippen LogP contribution in [0.3, 0.4) is 0 Å². The molecule has 2 aromatic heterocycles. The Balaban J connectivity index is 1.76. The maximum Gasteiger partial charge on any atom is 0.264 e. The van der Waals surface area contributed by atoms with Crippen molar-refractivity contribution in [2.45, 2.75) is 38.8 Å². The number of rotatable bonds is 7. The van der Waals surface area contributed by atoms with Gasteiger partial charge < -0.3 is 4.57 Å². The lowest BCUT2D eigenvalue weighted by atomic mass is 9.99. The molecule has 168 valence electrons. The van der Waals surface area contributed by atoms with Gasteiger partial charge in [0, 0.05) is 41.2 Å². The van der Waals surface area contributed by atoms with Gasteiger partial charge in [0.25, 0.3) is 10.1 Å². The Morgan fingerprint density at radius 1 is 1.21 bits per heavy atom. The summed E-state index contributed by atoms with van der Waals surface area (Å²) < 4.78 is 29.8. The lowest BCUT2D eigenvalue weighted by Gasteiger charge is -2.13. The van der Waals surface area contributed by atoms with Crippen LogP contribution in [0.5, 0.6) is 0 Å². The van der Waals surface area contributed by atoms with Crippen molar-refractivity contribution < 1.29 is 12.6 Å². The summed E-state index contributed by atoms with van der Waals surface area (Å²) in [6.45, 7) is 2.24. The van der Waals surface area contributed by atoms with E-state index in [1.807, 2.05) is 19.1 Å². The fourth-order valence-corrected chi connectivity index (χ4v) is 4.51. The maximum atomic E-state index is 11.4. The molecule has 1 aliphatic rings. The molecular formula is C24H21ClN4O3S. The summed E-state index contributed by atoms with van der Waals surface area (Å²) in [5.74, 6) is 0.318. The Morgan fingerprint density at radius 2 is 1.91 bits per heavy atom. The van der Waals surface area contributed by atoms with Gasteiger partial charge in [0.2, 0.25) is 0 Å². The molecule has 1 fully saturated rings. The predicted molar refractivity (Wildman–Crippen MR) is 124 cm³/mol. The average molecular weight is 481 g/mol. The first kappa shape index (κ1) is 23.0. The summed E-state index contributed by atoms with van der Waals surface area (Å²) in [6.07, 6.45) is 4.68. The third-order valence-corrected chi connectivity index (χ3v) is 6.57. The summed E-state index contributed by atoms with van der Waals surface area (Å²) in [5, 5.41) is 19.3. The van der Waals surface area contributed by atoms with E-state index in [0.29, 0.717) is 29.2 Å². The largest absolute Gasteiger partial charge is 0.342 e. The van der Waals surface area contributed by atoms with Crippen LogP contribution in [0.2, 0.25) is 5.15 Å². The third-order valence-electron chi connectivity index (χ3n) is 5.68. The second kappa shape index (κ2) is 8.99. The number of aromatic nitrogens is 2. The fourth-order valence-electron chi connectivity index (χ4n) is 4.01. The van der Waals surface area contributed by atoms with Crippen molar-refractivity contribution in [2.24, 2.45) is 0 Å². The number of pyridine rings is 1. The van der Waals surface area contributed by atoms with Gasteiger partial charge in [-0.1, -0.05) is 23.7 Å². The lowest BCUT2D eigenvalue weighted by Crippen LogP contribution is -2.08. The van der Waals surface area contributed by atoms with Crippen molar-refractivity contribution in [2.75, 3.05) is 6.26 Å². The van der Waals surface area contributed by atoms with Crippen LogP contribution < -0.4 is 0 Å². The molecule has 1 aromatic carbocycles. The molecular weight excluding hydrogens is 460 g/mol. The molecule has 0 aliphatic heterocycles. The van der Waals surface area contributed by atoms with Crippen molar-refractivity contribution in [3.05, 3.63) is 75.3 Å². The monoisotopic (exact) mass is 480 g/mol. The number of hydrogen-bond acceptors (Lipinski definition) is 6. The van der Waals surface area contributed by atoms with Crippen LogP contribution in [0.25, 0.3) is 11.1 Å². The van der Waals surface area contributed by atoms with E-state index in [-0.39, 0.29) is 11.8 Å². The Bertz CT molecular complexity index is 1410. The number of halogens is 1. The fraction of sp³-hybridized carbons (Fsp3) is 0.292. The highest BCUT2D eigenvalue weighted by Gasteiger charge is 2.33. The molecule has 3 aromatic rings. The molecule has 0 bridgehead atoms. The van der Waals surface area contributed by atoms with E-state index in [9.17, 15) is 13.7 Å². The standard InChI is InChI=1S/C24H21ClN4O3S/c1-15-22(18-5-3-16(10-26)4-6-18)21(11-27)23(19-7-8-19)29(15)13-17-9-20(24(25)28-12-17)14-32-33(2,30)31/h3-6,9,12,19H,7-8,13-14H2,1-2H3. The van der Waals surface area contributed by atoms with Gasteiger partial charge in [-0.25, -0.2) is 4.98 Å². The summed E-state index contributed by atoms with van der Waals surface area (Å²) in [7, 11) is -3.62. The van der Waals surface area contributed by atoms with Crippen molar-refractivity contribution in [1.29, 1.82) is 10.5 Å². The molecule has 1 saturated carbocycles. The quantitative estimate of drug-likeness (QED) is 0.359. The average Bonchev–Trinajstić information content (AvgIpc) is 3.58. The SMILES string of the molecule is Cc1c(-c2ccc(C#N)cc2)c(C#N)c(C2CC2)n1Cc1cnc(Cl)c(COS(C)(=O)=O)c1. The van der Waals surface area contributed by atoms with E-state index in [0.717, 1.165) is 47.2 Å². The minimum Gasteiger partial charge on any atom is -0.342 e. The van der Waals surface area contributed by atoms with E-state index >= 15 is 0 Å². The van der Waals surface area contributed by atoms with Crippen LogP contribution in [0.15, 0.2) is 36.5 Å².